The molecular formula is C27H24F2N4O3. The number of nitrogen functional groups attached to an aromatic ring is 1. The summed E-state index contributed by atoms with van der Waals surface area (Å²) in [4.78, 5) is 28.8. The van der Waals surface area contributed by atoms with Crippen molar-refractivity contribution in [1.29, 1.82) is 0 Å². The number of amides is 2. The van der Waals surface area contributed by atoms with Crippen LogP contribution in [0.1, 0.15) is 6.92 Å². The van der Waals surface area contributed by atoms with Gasteiger partial charge in [-0.1, -0.05) is 24.3 Å². The summed E-state index contributed by atoms with van der Waals surface area (Å²) >= 11 is 0. The Bertz CT molecular complexity index is 1400. The van der Waals surface area contributed by atoms with Gasteiger partial charge < -0.3 is 15.8 Å². The van der Waals surface area contributed by atoms with Gasteiger partial charge in [-0.2, -0.15) is 0 Å². The molecule has 0 radical (unpaired) electrons. The van der Waals surface area contributed by atoms with Crippen molar-refractivity contribution in [2.75, 3.05) is 23.7 Å². The summed E-state index contributed by atoms with van der Waals surface area (Å²) in [5.74, 6) is -0.938. The molecule has 9 heteroatoms. The van der Waals surface area contributed by atoms with Crippen LogP contribution in [0, 0.1) is 11.6 Å². The highest BCUT2D eigenvalue weighted by Gasteiger charge is 2.32. The zero-order valence-electron chi connectivity index (χ0n) is 19.4. The van der Waals surface area contributed by atoms with E-state index in [1.807, 2.05) is 30.3 Å². The lowest BCUT2D eigenvalue weighted by Gasteiger charge is -2.14. The molecule has 3 N–H and O–H groups in total. The van der Waals surface area contributed by atoms with E-state index in [9.17, 15) is 18.4 Å². The van der Waals surface area contributed by atoms with Crippen LogP contribution in [0.5, 0.6) is 0 Å². The third-order valence-electron chi connectivity index (χ3n) is 5.47. The zero-order chi connectivity index (χ0) is 25.7. The Morgan fingerprint density at radius 1 is 1.11 bits per heavy atom. The average Bonchev–Trinajstić information content (AvgIpc) is 3.23. The number of nitrogens with one attached hydrogen (secondary N) is 1. The highest BCUT2D eigenvalue weighted by molar-refractivity contribution is 5.90. The van der Waals surface area contributed by atoms with E-state index in [1.54, 1.807) is 30.5 Å². The van der Waals surface area contributed by atoms with Crippen LogP contribution >= 0.6 is 0 Å². The molecule has 0 saturated carbocycles. The second-order valence-electron chi connectivity index (χ2n) is 8.19. The van der Waals surface area contributed by atoms with Crippen LogP contribution in [0.3, 0.4) is 0 Å². The summed E-state index contributed by atoms with van der Waals surface area (Å²) in [5.41, 5.74) is 8.00. The van der Waals surface area contributed by atoms with Crippen molar-refractivity contribution >= 4 is 34.3 Å². The van der Waals surface area contributed by atoms with Crippen molar-refractivity contribution in [3.63, 3.8) is 0 Å². The largest absolute Gasteiger partial charge is 0.442 e. The van der Waals surface area contributed by atoms with E-state index in [2.05, 4.69) is 10.3 Å². The van der Waals surface area contributed by atoms with Crippen LogP contribution < -0.4 is 16.0 Å². The van der Waals surface area contributed by atoms with Crippen molar-refractivity contribution in [3.8, 4) is 11.1 Å². The highest BCUT2D eigenvalue weighted by atomic mass is 19.1. The number of fused-ring (bicyclic) bond motifs is 1. The maximum atomic E-state index is 14.8. The second-order valence-corrected chi connectivity index (χ2v) is 8.19. The van der Waals surface area contributed by atoms with Gasteiger partial charge in [0.25, 0.3) is 0 Å². The summed E-state index contributed by atoms with van der Waals surface area (Å²) in [6, 6.07) is 20.0. The van der Waals surface area contributed by atoms with Crippen molar-refractivity contribution in [1.82, 2.24) is 10.3 Å². The Kier molecular flexibility index (Phi) is 7.39. The summed E-state index contributed by atoms with van der Waals surface area (Å²) in [6.07, 6.45) is 0.604. The van der Waals surface area contributed by atoms with Gasteiger partial charge in [0.15, 0.2) is 0 Å². The molecule has 2 amide bonds. The molecule has 3 aromatic carbocycles. The number of anilines is 2. The number of carbonyl (C=O) groups excluding carboxylic acids is 2. The van der Waals surface area contributed by atoms with Gasteiger partial charge in [0, 0.05) is 35.3 Å². The first-order valence-corrected chi connectivity index (χ1v) is 11.2. The molecule has 7 nitrogen and oxygen atoms in total. The molecule has 1 aliphatic rings. The van der Waals surface area contributed by atoms with Crippen molar-refractivity contribution in [3.05, 3.63) is 90.6 Å². The van der Waals surface area contributed by atoms with Gasteiger partial charge in [0.05, 0.1) is 24.3 Å². The number of pyridine rings is 1. The number of benzene rings is 3. The lowest BCUT2D eigenvalue weighted by molar-refractivity contribution is -0.119. The minimum absolute atomic E-state index is 0.200. The lowest BCUT2D eigenvalue weighted by atomic mass is 10.0. The summed E-state index contributed by atoms with van der Waals surface area (Å²) < 4.78 is 32.1. The van der Waals surface area contributed by atoms with Crippen LogP contribution in [0.2, 0.25) is 0 Å². The first kappa shape index (κ1) is 24.6. The predicted molar refractivity (Wildman–Crippen MR) is 134 cm³/mol. The van der Waals surface area contributed by atoms with Crippen molar-refractivity contribution < 1.29 is 23.1 Å². The molecule has 0 spiro atoms. The van der Waals surface area contributed by atoms with Crippen LogP contribution in [0.4, 0.5) is 25.0 Å². The van der Waals surface area contributed by atoms with Gasteiger partial charge in [0.1, 0.15) is 17.7 Å². The van der Waals surface area contributed by atoms with Gasteiger partial charge >= 0.3 is 6.09 Å². The fourth-order valence-electron chi connectivity index (χ4n) is 3.73. The molecular weight excluding hydrogens is 466 g/mol. The Balaban J connectivity index is 0.000000325. The normalized spacial score (nSPS) is 14.7. The molecule has 1 unspecified atom stereocenters. The molecule has 36 heavy (non-hydrogen) atoms. The summed E-state index contributed by atoms with van der Waals surface area (Å²) in [5, 5.41) is 3.54. The molecule has 1 atom stereocenters. The van der Waals surface area contributed by atoms with E-state index in [0.717, 1.165) is 10.9 Å². The quantitative estimate of drug-likeness (QED) is 0.396. The van der Waals surface area contributed by atoms with Gasteiger partial charge in [-0.05, 0) is 48.5 Å². The maximum Gasteiger partial charge on any atom is 0.414 e. The fraction of sp³-hybridized carbons (Fsp3) is 0.148. The number of para-hydroxylation sites is 1. The molecule has 1 saturated heterocycles. The molecule has 1 aromatic heterocycles. The molecule has 0 bridgehead atoms. The van der Waals surface area contributed by atoms with E-state index in [4.69, 9.17) is 10.5 Å². The smallest absolute Gasteiger partial charge is 0.414 e. The number of cyclic esters (lactones) is 1. The van der Waals surface area contributed by atoms with Crippen molar-refractivity contribution in [2.24, 2.45) is 0 Å². The van der Waals surface area contributed by atoms with E-state index in [0.29, 0.717) is 22.5 Å². The molecule has 0 aliphatic carbocycles. The number of rotatable bonds is 4. The van der Waals surface area contributed by atoms with Crippen LogP contribution in [0.25, 0.3) is 22.0 Å². The Morgan fingerprint density at radius 3 is 2.61 bits per heavy atom. The predicted octanol–water partition coefficient (Wildman–Crippen LogP) is 4.91. The number of aromatic nitrogens is 1. The topological polar surface area (TPSA) is 97.5 Å². The van der Waals surface area contributed by atoms with Gasteiger partial charge in [-0.15, -0.1) is 0 Å². The van der Waals surface area contributed by atoms with E-state index >= 15 is 0 Å². The number of carbonyl (C=O) groups is 2. The third-order valence-corrected chi connectivity index (χ3v) is 5.47. The first-order chi connectivity index (χ1) is 17.3. The van der Waals surface area contributed by atoms with Crippen LogP contribution in [-0.2, 0) is 9.53 Å². The van der Waals surface area contributed by atoms with Crippen LogP contribution in [0.15, 0.2) is 79.0 Å². The third kappa shape index (κ3) is 5.93. The van der Waals surface area contributed by atoms with E-state index in [-0.39, 0.29) is 24.8 Å². The highest BCUT2D eigenvalue weighted by Crippen LogP contribution is 2.30. The van der Waals surface area contributed by atoms with Gasteiger partial charge in [-0.25, -0.2) is 13.6 Å². The number of hydrogen-bond acceptors (Lipinski definition) is 5. The second kappa shape index (κ2) is 10.8. The summed E-state index contributed by atoms with van der Waals surface area (Å²) in [6.45, 7) is 1.86. The maximum absolute atomic E-state index is 14.8. The Labute approximate surface area is 206 Å². The standard InChI is InChI=1S/C21H18FN3O3.C6H6FN/c1-13(26)23-11-17-12-25(21(27)28-17)16-6-7-18(19(22)9-16)15-8-14-4-2-3-5-20(14)24-10-15;7-5-2-1-3-6(8)4-5/h2-10,17H,11-12H2,1H3,(H,23,26);1-4H,8H2. The minimum Gasteiger partial charge on any atom is -0.442 e. The molecule has 4 aromatic rings. The molecule has 184 valence electrons. The number of nitrogens with zero attached hydrogens (tertiary/aromatic N) is 2. The first-order valence-electron chi connectivity index (χ1n) is 11.2. The monoisotopic (exact) mass is 490 g/mol. The van der Waals surface area contributed by atoms with Gasteiger partial charge in [0.2, 0.25) is 5.91 Å². The molecule has 5 rings (SSSR count). The molecule has 1 aliphatic heterocycles. The average molecular weight is 491 g/mol. The Hall–Kier alpha value is -4.53. The zero-order valence-corrected chi connectivity index (χ0v) is 19.4. The minimum atomic E-state index is -0.560. The molecule has 1 fully saturated rings. The number of halogens is 2. The summed E-state index contributed by atoms with van der Waals surface area (Å²) in [7, 11) is 0. The van der Waals surface area contributed by atoms with Crippen LogP contribution in [-0.4, -0.2) is 36.2 Å². The SMILES string of the molecule is CC(=O)NCC1CN(c2ccc(-c3cnc4ccccc4c3)c(F)c2)C(=O)O1.Nc1cccc(F)c1. The molecule has 2 heterocycles. The fourth-order valence-corrected chi connectivity index (χ4v) is 3.73. The van der Waals surface area contributed by atoms with Gasteiger partial charge in [-0.3, -0.25) is 14.7 Å². The number of ether oxygens (including phenoxy) is 1. The lowest BCUT2D eigenvalue weighted by Crippen LogP contribution is -2.33. The van der Waals surface area contributed by atoms with Crippen molar-refractivity contribution in [2.45, 2.75) is 13.0 Å². The number of hydrogen-bond donors (Lipinski definition) is 2. The van der Waals surface area contributed by atoms with E-state index in [1.165, 1.54) is 30.0 Å². The van der Waals surface area contributed by atoms with E-state index < -0.39 is 18.0 Å². The Morgan fingerprint density at radius 2 is 1.92 bits per heavy atom. The number of nitrogens with two attached hydrogens (primary N) is 1.